The first kappa shape index (κ1) is 8.31. The monoisotopic (exact) mass is 156 g/mol. The maximum atomic E-state index is 2.41. The lowest BCUT2D eigenvalue weighted by Crippen LogP contribution is -2.19. The summed E-state index contributed by atoms with van der Waals surface area (Å²) >= 11 is 0. The second kappa shape index (κ2) is 4.17. The molecule has 0 saturated carbocycles. The summed E-state index contributed by atoms with van der Waals surface area (Å²) in [6.07, 6.45) is 4.55. The van der Waals surface area contributed by atoms with Crippen molar-refractivity contribution in [1.29, 1.82) is 0 Å². The predicted molar refractivity (Wildman–Crippen MR) is 50.3 cm³/mol. The lowest BCUT2D eigenvalue weighted by molar-refractivity contribution is 0.516. The van der Waals surface area contributed by atoms with E-state index in [1.54, 1.807) is 31.0 Å². The minimum absolute atomic E-state index is 0.165. The summed E-state index contributed by atoms with van der Waals surface area (Å²) in [5.41, 5.74) is 0. The van der Waals surface area contributed by atoms with Gasteiger partial charge in [0.15, 0.2) is 0 Å². The Balaban J connectivity index is 2.13. The van der Waals surface area contributed by atoms with E-state index in [4.69, 9.17) is 0 Å². The van der Waals surface area contributed by atoms with Gasteiger partial charge in [-0.15, -0.1) is 0 Å². The van der Waals surface area contributed by atoms with Gasteiger partial charge in [0, 0.05) is 8.80 Å². The van der Waals surface area contributed by atoms with E-state index in [9.17, 15) is 0 Å². The van der Waals surface area contributed by atoms with E-state index >= 15 is 0 Å². The molecule has 0 nitrogen and oxygen atoms in total. The Kier molecular flexibility index (Phi) is 3.47. The van der Waals surface area contributed by atoms with Crippen molar-refractivity contribution in [2.45, 2.75) is 51.2 Å². The van der Waals surface area contributed by atoms with Crippen molar-refractivity contribution >= 4 is 8.80 Å². The molecule has 0 aromatic carbocycles. The molecule has 1 aliphatic heterocycles. The molecule has 1 aliphatic rings. The molecule has 0 amide bonds. The quantitative estimate of drug-likeness (QED) is 0.539. The van der Waals surface area contributed by atoms with E-state index < -0.39 is 0 Å². The molecule has 0 radical (unpaired) electrons. The third-order valence-corrected chi connectivity index (χ3v) is 6.53. The van der Waals surface area contributed by atoms with Gasteiger partial charge < -0.3 is 0 Å². The first-order valence-electron chi connectivity index (χ1n) is 4.83. The standard InChI is InChI=1S/C9H20Si/c1-3-6-10-7-4-9(2)5-8-10/h9-10H,3-8H2,1-2H3. The second-order valence-corrected chi connectivity index (χ2v) is 7.38. The SMILES string of the molecule is CCC[SiH]1CCC(C)CC1. The van der Waals surface area contributed by atoms with Crippen LogP contribution < -0.4 is 0 Å². The van der Waals surface area contributed by atoms with E-state index in [0.29, 0.717) is 0 Å². The van der Waals surface area contributed by atoms with Crippen molar-refractivity contribution in [2.24, 2.45) is 5.92 Å². The molecule has 1 heteroatoms. The molecule has 0 N–H and O–H groups in total. The maximum absolute atomic E-state index is 2.41. The second-order valence-electron chi connectivity index (χ2n) is 3.91. The largest absolute Gasteiger partial charge is 0.0657 e. The van der Waals surface area contributed by atoms with Crippen LogP contribution in [-0.4, -0.2) is 8.80 Å². The molecule has 10 heavy (non-hydrogen) atoms. The first-order chi connectivity index (χ1) is 4.83. The molecule has 0 aliphatic carbocycles. The fraction of sp³-hybridized carbons (Fsp3) is 1.00. The van der Waals surface area contributed by atoms with E-state index in [0.717, 1.165) is 5.92 Å². The summed E-state index contributed by atoms with van der Waals surface area (Å²) in [6.45, 7) is 4.75. The van der Waals surface area contributed by atoms with Crippen LogP contribution in [0.2, 0.25) is 18.1 Å². The van der Waals surface area contributed by atoms with Gasteiger partial charge in [-0.3, -0.25) is 0 Å². The molecular weight excluding hydrogens is 136 g/mol. The lowest BCUT2D eigenvalue weighted by Gasteiger charge is -2.24. The summed E-state index contributed by atoms with van der Waals surface area (Å²) in [4.78, 5) is 0. The Hall–Kier alpha value is 0.217. The van der Waals surface area contributed by atoms with Gasteiger partial charge in [-0.2, -0.15) is 0 Å². The van der Waals surface area contributed by atoms with Crippen LogP contribution in [0.4, 0.5) is 0 Å². The third kappa shape index (κ3) is 2.45. The number of rotatable bonds is 2. The summed E-state index contributed by atoms with van der Waals surface area (Å²) < 4.78 is 0. The van der Waals surface area contributed by atoms with Gasteiger partial charge in [-0.1, -0.05) is 51.2 Å². The molecule has 0 unspecified atom stereocenters. The molecule has 1 fully saturated rings. The average molecular weight is 156 g/mol. The van der Waals surface area contributed by atoms with Crippen LogP contribution in [0.25, 0.3) is 0 Å². The predicted octanol–water partition coefficient (Wildman–Crippen LogP) is 3.05. The molecule has 60 valence electrons. The van der Waals surface area contributed by atoms with Crippen LogP contribution in [0.5, 0.6) is 0 Å². The molecule has 0 bridgehead atoms. The van der Waals surface area contributed by atoms with Crippen LogP contribution >= 0.6 is 0 Å². The minimum Gasteiger partial charge on any atom is -0.0657 e. The van der Waals surface area contributed by atoms with Gasteiger partial charge in [0.05, 0.1) is 0 Å². The van der Waals surface area contributed by atoms with Gasteiger partial charge in [-0.05, 0) is 5.92 Å². The van der Waals surface area contributed by atoms with Crippen molar-refractivity contribution in [1.82, 2.24) is 0 Å². The van der Waals surface area contributed by atoms with Crippen molar-refractivity contribution in [3.63, 3.8) is 0 Å². The Bertz CT molecular complexity index is 82.7. The Morgan fingerprint density at radius 1 is 1.30 bits per heavy atom. The van der Waals surface area contributed by atoms with Crippen LogP contribution in [0.3, 0.4) is 0 Å². The zero-order valence-corrected chi connectivity index (χ0v) is 8.55. The van der Waals surface area contributed by atoms with Crippen molar-refractivity contribution in [3.05, 3.63) is 0 Å². The smallest absolute Gasteiger partial charge is 0.0367 e. The molecule has 1 saturated heterocycles. The molecule has 0 atom stereocenters. The molecule has 0 spiro atoms. The van der Waals surface area contributed by atoms with E-state index in [2.05, 4.69) is 13.8 Å². The van der Waals surface area contributed by atoms with E-state index in [-0.39, 0.29) is 8.80 Å². The van der Waals surface area contributed by atoms with Crippen molar-refractivity contribution in [3.8, 4) is 0 Å². The molecule has 1 rings (SSSR count). The average Bonchev–Trinajstić information content (AvgIpc) is 1.95. The highest BCUT2D eigenvalue weighted by Crippen LogP contribution is 2.26. The van der Waals surface area contributed by atoms with Gasteiger partial charge in [0.25, 0.3) is 0 Å². The first-order valence-corrected chi connectivity index (χ1v) is 7.28. The van der Waals surface area contributed by atoms with Crippen LogP contribution in [0.15, 0.2) is 0 Å². The van der Waals surface area contributed by atoms with Crippen LogP contribution in [0.1, 0.15) is 33.1 Å². The molecule has 1 heterocycles. The van der Waals surface area contributed by atoms with Crippen LogP contribution in [0, 0.1) is 5.92 Å². The fourth-order valence-corrected chi connectivity index (χ4v) is 5.79. The topological polar surface area (TPSA) is 0 Å². The van der Waals surface area contributed by atoms with Gasteiger partial charge in [-0.25, -0.2) is 0 Å². The molecular formula is C9H20Si. The van der Waals surface area contributed by atoms with Crippen molar-refractivity contribution in [2.75, 3.05) is 0 Å². The molecule has 0 aromatic heterocycles. The maximum Gasteiger partial charge on any atom is 0.0367 e. The summed E-state index contributed by atoms with van der Waals surface area (Å²) in [5, 5.41) is 0. The van der Waals surface area contributed by atoms with E-state index in [1.165, 1.54) is 6.42 Å². The Labute approximate surface area is 66.6 Å². The normalized spacial score (nSPS) is 34.2. The summed E-state index contributed by atoms with van der Waals surface area (Å²) in [6, 6.07) is 4.91. The minimum atomic E-state index is -0.165. The van der Waals surface area contributed by atoms with Gasteiger partial charge >= 0.3 is 0 Å². The highest BCUT2D eigenvalue weighted by atomic mass is 28.3. The highest BCUT2D eigenvalue weighted by molar-refractivity contribution is 6.58. The number of hydrogen-bond donors (Lipinski definition) is 0. The summed E-state index contributed by atoms with van der Waals surface area (Å²) in [5.74, 6) is 1.06. The van der Waals surface area contributed by atoms with Crippen LogP contribution in [-0.2, 0) is 0 Å². The Morgan fingerprint density at radius 2 is 1.90 bits per heavy atom. The van der Waals surface area contributed by atoms with Gasteiger partial charge in [0.1, 0.15) is 0 Å². The highest BCUT2D eigenvalue weighted by Gasteiger charge is 2.17. The van der Waals surface area contributed by atoms with E-state index in [1.807, 2.05) is 0 Å². The summed E-state index contributed by atoms with van der Waals surface area (Å²) in [7, 11) is -0.165. The Morgan fingerprint density at radius 3 is 2.40 bits per heavy atom. The fourth-order valence-electron chi connectivity index (χ4n) is 2.03. The number of hydrogen-bond acceptors (Lipinski definition) is 0. The zero-order chi connectivity index (χ0) is 7.40. The molecule has 0 aromatic rings. The van der Waals surface area contributed by atoms with Gasteiger partial charge in [0.2, 0.25) is 0 Å². The third-order valence-electron chi connectivity index (χ3n) is 2.83. The van der Waals surface area contributed by atoms with Crippen molar-refractivity contribution < 1.29 is 0 Å². The zero-order valence-electron chi connectivity index (χ0n) is 7.40. The lowest BCUT2D eigenvalue weighted by atomic mass is 10.1.